The van der Waals surface area contributed by atoms with Crippen molar-refractivity contribution < 1.29 is 19.4 Å². The van der Waals surface area contributed by atoms with Gasteiger partial charge in [0, 0.05) is 19.5 Å². The molecule has 26 heavy (non-hydrogen) atoms. The molecule has 0 saturated carbocycles. The van der Waals surface area contributed by atoms with E-state index in [0.29, 0.717) is 19.4 Å². The van der Waals surface area contributed by atoms with Crippen LogP contribution in [-0.4, -0.2) is 42.1 Å². The van der Waals surface area contributed by atoms with Crippen LogP contribution < -0.4 is 4.74 Å². The molecule has 2 aromatic rings. The number of hydrogen-bond acceptors (Lipinski definition) is 3. The number of methoxy groups -OCH3 is 1. The van der Waals surface area contributed by atoms with E-state index in [1.165, 1.54) is 11.1 Å². The molecule has 1 heterocycles. The maximum atomic E-state index is 12.6. The Kier molecular flexibility index (Phi) is 5.56. The zero-order valence-corrected chi connectivity index (χ0v) is 14.9. The Labute approximate surface area is 153 Å². The van der Waals surface area contributed by atoms with Crippen LogP contribution in [0.15, 0.2) is 42.5 Å². The van der Waals surface area contributed by atoms with E-state index in [1.54, 1.807) is 31.4 Å². The second-order valence-electron chi connectivity index (χ2n) is 6.48. The molecule has 2 aromatic carbocycles. The van der Waals surface area contributed by atoms with Gasteiger partial charge < -0.3 is 14.7 Å². The van der Waals surface area contributed by atoms with Crippen LogP contribution in [0.1, 0.15) is 33.5 Å². The van der Waals surface area contributed by atoms with Crippen LogP contribution in [0.25, 0.3) is 0 Å². The lowest BCUT2D eigenvalue weighted by atomic mass is 10.0. The van der Waals surface area contributed by atoms with E-state index in [4.69, 9.17) is 9.84 Å². The number of ether oxygens (including phenoxy) is 1. The van der Waals surface area contributed by atoms with Gasteiger partial charge >= 0.3 is 5.97 Å². The van der Waals surface area contributed by atoms with E-state index >= 15 is 0 Å². The van der Waals surface area contributed by atoms with Crippen molar-refractivity contribution in [1.29, 1.82) is 0 Å². The lowest BCUT2D eigenvalue weighted by Gasteiger charge is -2.20. The van der Waals surface area contributed by atoms with Crippen LogP contribution in [0.5, 0.6) is 5.75 Å². The number of aromatic carboxylic acids is 1. The number of carbonyl (C=O) groups excluding carboxylic acids is 1. The summed E-state index contributed by atoms with van der Waals surface area (Å²) in [7, 11) is 1.68. The summed E-state index contributed by atoms with van der Waals surface area (Å²) in [5.41, 5.74) is 3.70. The lowest BCUT2D eigenvalue weighted by Crippen LogP contribution is -2.33. The van der Waals surface area contributed by atoms with Crippen molar-refractivity contribution in [3.8, 4) is 5.75 Å². The SMILES string of the molecule is COc1cccc2c1CCN(C(=O)CCc1ccc(C(=O)O)cc1)CC2. The average Bonchev–Trinajstić information content (AvgIpc) is 2.89. The molecule has 1 amide bonds. The van der Waals surface area contributed by atoms with Crippen molar-refractivity contribution in [2.45, 2.75) is 25.7 Å². The summed E-state index contributed by atoms with van der Waals surface area (Å²) in [5.74, 6) is 0.0987. The minimum atomic E-state index is -0.938. The summed E-state index contributed by atoms with van der Waals surface area (Å²) in [6.45, 7) is 1.42. The van der Waals surface area contributed by atoms with Gasteiger partial charge in [-0.1, -0.05) is 24.3 Å². The zero-order valence-electron chi connectivity index (χ0n) is 14.9. The topological polar surface area (TPSA) is 66.8 Å². The highest BCUT2D eigenvalue weighted by Gasteiger charge is 2.20. The standard InChI is InChI=1S/C21H23NO4/c1-26-19-4-2-3-16-11-13-22(14-12-18(16)19)20(23)10-7-15-5-8-17(9-6-15)21(24)25/h2-6,8-9H,7,10-14H2,1H3,(H,24,25). The molecular weight excluding hydrogens is 330 g/mol. The number of carboxylic acids is 1. The van der Waals surface area contributed by atoms with Crippen LogP contribution in [-0.2, 0) is 24.1 Å². The molecule has 1 aliphatic heterocycles. The first kappa shape index (κ1) is 18.0. The molecule has 5 heteroatoms. The van der Waals surface area contributed by atoms with Crippen molar-refractivity contribution >= 4 is 11.9 Å². The van der Waals surface area contributed by atoms with E-state index in [1.807, 2.05) is 17.0 Å². The van der Waals surface area contributed by atoms with Gasteiger partial charge in [-0.25, -0.2) is 4.79 Å². The number of hydrogen-bond donors (Lipinski definition) is 1. The van der Waals surface area contributed by atoms with Gasteiger partial charge in [-0.15, -0.1) is 0 Å². The molecule has 0 spiro atoms. The first-order chi connectivity index (χ1) is 12.6. The third-order valence-corrected chi connectivity index (χ3v) is 4.91. The Morgan fingerprint density at radius 2 is 1.81 bits per heavy atom. The molecule has 136 valence electrons. The van der Waals surface area contributed by atoms with Gasteiger partial charge in [0.2, 0.25) is 5.91 Å². The lowest BCUT2D eigenvalue weighted by molar-refractivity contribution is -0.131. The summed E-state index contributed by atoms with van der Waals surface area (Å²) >= 11 is 0. The summed E-state index contributed by atoms with van der Waals surface area (Å²) < 4.78 is 5.45. The van der Waals surface area contributed by atoms with Gasteiger partial charge in [0.05, 0.1) is 12.7 Å². The fourth-order valence-corrected chi connectivity index (χ4v) is 3.41. The van der Waals surface area contributed by atoms with Gasteiger partial charge in [0.15, 0.2) is 0 Å². The third-order valence-electron chi connectivity index (χ3n) is 4.91. The summed E-state index contributed by atoms with van der Waals surface area (Å²) in [6, 6.07) is 12.8. The van der Waals surface area contributed by atoms with Gasteiger partial charge in [-0.2, -0.15) is 0 Å². The molecule has 0 bridgehead atoms. The molecule has 0 unspecified atom stereocenters. The number of rotatable bonds is 5. The predicted octanol–water partition coefficient (Wildman–Crippen LogP) is 2.95. The Balaban J connectivity index is 1.58. The molecule has 1 aliphatic rings. The summed E-state index contributed by atoms with van der Waals surface area (Å²) in [5, 5.41) is 8.93. The average molecular weight is 353 g/mol. The van der Waals surface area contributed by atoms with E-state index in [-0.39, 0.29) is 11.5 Å². The number of amides is 1. The zero-order chi connectivity index (χ0) is 18.5. The Morgan fingerprint density at radius 1 is 1.08 bits per heavy atom. The van der Waals surface area contributed by atoms with Crippen molar-refractivity contribution in [3.63, 3.8) is 0 Å². The number of carboxylic acid groups (broad SMARTS) is 1. The highest BCUT2D eigenvalue weighted by atomic mass is 16.5. The summed E-state index contributed by atoms with van der Waals surface area (Å²) in [6.07, 6.45) is 2.69. The molecular formula is C21H23NO4. The molecule has 0 saturated heterocycles. The second kappa shape index (κ2) is 8.04. The van der Waals surface area contributed by atoms with Gasteiger partial charge in [-0.05, 0) is 54.2 Å². The molecule has 0 aromatic heterocycles. The maximum absolute atomic E-state index is 12.6. The van der Waals surface area contributed by atoms with E-state index < -0.39 is 5.97 Å². The first-order valence-electron chi connectivity index (χ1n) is 8.83. The monoisotopic (exact) mass is 353 g/mol. The van der Waals surface area contributed by atoms with Crippen molar-refractivity contribution in [1.82, 2.24) is 4.90 Å². The Bertz CT molecular complexity index is 798. The fourth-order valence-electron chi connectivity index (χ4n) is 3.41. The number of carbonyl (C=O) groups is 2. The molecule has 1 N–H and O–H groups in total. The predicted molar refractivity (Wildman–Crippen MR) is 98.7 cm³/mol. The quantitative estimate of drug-likeness (QED) is 0.897. The number of fused-ring (bicyclic) bond motifs is 1. The van der Waals surface area contributed by atoms with Gasteiger partial charge in [0.1, 0.15) is 5.75 Å². The van der Waals surface area contributed by atoms with Crippen LogP contribution >= 0.6 is 0 Å². The van der Waals surface area contributed by atoms with Crippen molar-refractivity contribution in [2.75, 3.05) is 20.2 Å². The maximum Gasteiger partial charge on any atom is 0.335 e. The van der Waals surface area contributed by atoms with Crippen LogP contribution in [0.2, 0.25) is 0 Å². The van der Waals surface area contributed by atoms with Crippen molar-refractivity contribution in [2.24, 2.45) is 0 Å². The van der Waals surface area contributed by atoms with E-state index in [2.05, 4.69) is 6.07 Å². The molecule has 0 atom stereocenters. The largest absolute Gasteiger partial charge is 0.496 e. The minimum Gasteiger partial charge on any atom is -0.496 e. The third kappa shape index (κ3) is 4.04. The number of nitrogens with zero attached hydrogens (tertiary/aromatic N) is 1. The second-order valence-corrected chi connectivity index (χ2v) is 6.48. The molecule has 0 radical (unpaired) electrons. The molecule has 0 fully saturated rings. The van der Waals surface area contributed by atoms with E-state index in [0.717, 1.165) is 30.7 Å². The van der Waals surface area contributed by atoms with Crippen LogP contribution in [0.3, 0.4) is 0 Å². The number of aryl methyl sites for hydroxylation is 1. The van der Waals surface area contributed by atoms with E-state index in [9.17, 15) is 9.59 Å². The molecule has 3 rings (SSSR count). The van der Waals surface area contributed by atoms with Gasteiger partial charge in [-0.3, -0.25) is 4.79 Å². The normalized spacial score (nSPS) is 13.7. The fraction of sp³-hybridized carbons (Fsp3) is 0.333. The Morgan fingerprint density at radius 3 is 2.50 bits per heavy atom. The first-order valence-corrected chi connectivity index (χ1v) is 8.83. The minimum absolute atomic E-state index is 0.138. The smallest absolute Gasteiger partial charge is 0.335 e. The van der Waals surface area contributed by atoms with Crippen LogP contribution in [0.4, 0.5) is 0 Å². The summed E-state index contributed by atoms with van der Waals surface area (Å²) in [4.78, 5) is 25.4. The van der Waals surface area contributed by atoms with Gasteiger partial charge in [0.25, 0.3) is 0 Å². The van der Waals surface area contributed by atoms with Crippen LogP contribution in [0, 0.1) is 0 Å². The highest BCUT2D eigenvalue weighted by Crippen LogP contribution is 2.26. The molecule has 0 aliphatic carbocycles. The number of benzene rings is 2. The molecule has 5 nitrogen and oxygen atoms in total. The Hall–Kier alpha value is -2.82. The highest BCUT2D eigenvalue weighted by molar-refractivity contribution is 5.87. The van der Waals surface area contributed by atoms with Crippen molar-refractivity contribution in [3.05, 3.63) is 64.7 Å².